The molecule has 2 heteroatoms. The van der Waals surface area contributed by atoms with Gasteiger partial charge in [-0.15, -0.1) is 0 Å². The van der Waals surface area contributed by atoms with Crippen LogP contribution in [0.4, 0.5) is 0 Å². The molecule has 0 heterocycles. The lowest BCUT2D eigenvalue weighted by Gasteiger charge is -2.50. The molecule has 0 aromatic heterocycles. The Morgan fingerprint density at radius 2 is 0.630 bits per heavy atom. The molecule has 0 nitrogen and oxygen atoms in total. The summed E-state index contributed by atoms with van der Waals surface area (Å²) in [6, 6.07) is 47.2. The van der Waals surface area contributed by atoms with Crippen LogP contribution in [0.2, 0.25) is 33.2 Å². The molecule has 0 aliphatic rings. The van der Waals surface area contributed by atoms with Gasteiger partial charge in [0.25, 0.3) is 0 Å². The van der Waals surface area contributed by atoms with Gasteiger partial charge in [-0.1, -0.05) is 228 Å². The van der Waals surface area contributed by atoms with E-state index in [1.54, 1.807) is 0 Å². The van der Waals surface area contributed by atoms with Crippen LogP contribution in [0.15, 0.2) is 121 Å². The quantitative estimate of drug-likeness (QED) is 0.124. The van der Waals surface area contributed by atoms with Crippen LogP contribution < -0.4 is 10.4 Å². The highest BCUT2D eigenvalue weighted by Crippen LogP contribution is 2.54. The largest absolute Gasteiger partial charge is 0.0942 e. The van der Waals surface area contributed by atoms with Gasteiger partial charge in [0.2, 0.25) is 0 Å². The molecule has 0 unspecified atom stereocenters. The Balaban J connectivity index is 1.77. The van der Waals surface area contributed by atoms with Gasteiger partial charge in [-0.3, -0.25) is 0 Å². The highest BCUT2D eigenvalue weighted by Gasteiger charge is 2.51. The predicted octanol–water partition coefficient (Wildman–Crippen LogP) is 15.4. The van der Waals surface area contributed by atoms with Crippen molar-refractivity contribution >= 4 is 69.6 Å². The van der Waals surface area contributed by atoms with Gasteiger partial charge in [0.15, 0.2) is 0 Å². The normalized spacial score (nSPS) is 13.7. The van der Waals surface area contributed by atoms with Crippen LogP contribution in [0.3, 0.4) is 0 Å². The molecule has 7 aromatic rings. The van der Waals surface area contributed by atoms with Crippen LogP contribution in [0, 0.1) is 0 Å². The van der Waals surface area contributed by atoms with E-state index in [2.05, 4.69) is 218 Å². The molecule has 0 saturated carbocycles. The fourth-order valence-corrected chi connectivity index (χ4v) is 20.0. The lowest BCUT2D eigenvalue weighted by atomic mass is 9.83. The van der Waals surface area contributed by atoms with Crippen LogP contribution in [-0.4, -0.2) is 16.1 Å². The van der Waals surface area contributed by atoms with Gasteiger partial charge < -0.3 is 0 Å². The molecule has 0 atom stereocenters. The summed E-state index contributed by atoms with van der Waals surface area (Å²) in [7, 11) is -4.20. The second kappa shape index (κ2) is 12.8. The number of rotatable bonds is 4. The van der Waals surface area contributed by atoms with Crippen molar-refractivity contribution in [3.63, 3.8) is 0 Å². The molecule has 0 N–H and O–H groups in total. The van der Waals surface area contributed by atoms with Gasteiger partial charge in [0.05, 0.1) is 16.1 Å². The van der Waals surface area contributed by atoms with Gasteiger partial charge in [0.1, 0.15) is 0 Å². The summed E-state index contributed by atoms with van der Waals surface area (Å²) in [4.78, 5) is 0. The van der Waals surface area contributed by atoms with Crippen molar-refractivity contribution in [2.45, 2.75) is 116 Å². The van der Waals surface area contributed by atoms with Crippen LogP contribution >= 0.6 is 0 Å². The lowest BCUT2D eigenvalue weighted by Crippen LogP contribution is -2.58. The fourth-order valence-electron chi connectivity index (χ4n) is 10.3. The molecule has 0 amide bonds. The Hall–Kier alpha value is -3.99. The van der Waals surface area contributed by atoms with Crippen molar-refractivity contribution in [1.29, 1.82) is 0 Å². The smallest absolute Gasteiger partial charge is 0.0645 e. The summed E-state index contributed by atoms with van der Waals surface area (Å²) in [5.41, 5.74) is 5.37. The third-order valence-electron chi connectivity index (χ3n) is 14.4. The Bertz CT molecular complexity index is 2340. The maximum atomic E-state index is 2.65. The molecule has 0 bridgehead atoms. The summed E-state index contributed by atoms with van der Waals surface area (Å²) in [6.45, 7) is 35.0. The van der Waals surface area contributed by atoms with Gasteiger partial charge >= 0.3 is 0 Å². The van der Waals surface area contributed by atoms with Crippen molar-refractivity contribution in [3.05, 3.63) is 121 Å². The van der Waals surface area contributed by atoms with E-state index in [-0.39, 0.29) is 20.2 Å². The minimum atomic E-state index is -2.10. The summed E-state index contributed by atoms with van der Waals surface area (Å²) >= 11 is 0. The van der Waals surface area contributed by atoms with E-state index in [0.29, 0.717) is 0 Å². The molecule has 0 aliphatic carbocycles. The SMILES string of the molecule is CC(C)(C)[Si](C)(c1ccc2c(-c3cccc4ccccc34)c3cc([Si](C)(C(C)(C)C)C(C)(C)C)ccc3c(-c3cccc4ccccc34)c2c1)C(C)(C)C. The summed E-state index contributed by atoms with van der Waals surface area (Å²) in [5, 5.41) is 14.3. The Morgan fingerprint density at radius 3 is 0.963 bits per heavy atom. The highest BCUT2D eigenvalue weighted by atomic mass is 28.3. The highest BCUT2D eigenvalue weighted by molar-refractivity contribution is 6.96. The fraction of sp³-hybridized carbons (Fsp3) is 0.346. The van der Waals surface area contributed by atoms with E-state index in [1.807, 2.05) is 0 Å². The van der Waals surface area contributed by atoms with E-state index in [0.717, 1.165) is 0 Å². The first-order chi connectivity index (χ1) is 25.1. The molecule has 54 heavy (non-hydrogen) atoms. The van der Waals surface area contributed by atoms with Gasteiger partial charge in [-0.2, -0.15) is 0 Å². The molecule has 7 aromatic carbocycles. The van der Waals surface area contributed by atoms with Crippen molar-refractivity contribution in [3.8, 4) is 22.3 Å². The molecule has 278 valence electrons. The standard InChI is InChI=1S/C52H62Si2/c1-49(2,3)53(13,50(4,5)6)37-29-31-43-45(33-37)47(41-27-19-23-35-21-15-17-25-39(35)41)44-32-30-38(54(14,51(7,8)9)52(10,11)12)34-46(44)48(43)42-28-20-24-36-22-16-18-26-40(36)42/h15-34H,1-14H3. The molecule has 0 spiro atoms. The van der Waals surface area contributed by atoms with Crippen LogP contribution in [0.5, 0.6) is 0 Å². The summed E-state index contributed by atoms with van der Waals surface area (Å²) in [5.74, 6) is 0. The zero-order valence-electron chi connectivity index (χ0n) is 35.5. The van der Waals surface area contributed by atoms with Crippen molar-refractivity contribution in [2.75, 3.05) is 0 Å². The number of hydrogen-bond donors (Lipinski definition) is 0. The zero-order chi connectivity index (χ0) is 39.2. The summed E-state index contributed by atoms with van der Waals surface area (Å²) < 4.78 is 0. The third kappa shape index (κ3) is 5.74. The van der Waals surface area contributed by atoms with E-state index in [1.165, 1.54) is 75.7 Å². The first-order valence-electron chi connectivity index (χ1n) is 20.1. The van der Waals surface area contributed by atoms with Crippen molar-refractivity contribution < 1.29 is 0 Å². The average Bonchev–Trinajstić information content (AvgIpc) is 3.10. The van der Waals surface area contributed by atoms with Crippen LogP contribution in [-0.2, 0) is 0 Å². The third-order valence-corrected chi connectivity index (χ3v) is 29.3. The lowest BCUT2D eigenvalue weighted by molar-refractivity contribution is 0.629. The topological polar surface area (TPSA) is 0 Å². The zero-order valence-corrected chi connectivity index (χ0v) is 37.5. The maximum absolute atomic E-state index is 2.65. The van der Waals surface area contributed by atoms with Crippen molar-refractivity contribution in [2.24, 2.45) is 0 Å². The van der Waals surface area contributed by atoms with E-state index >= 15 is 0 Å². The Morgan fingerprint density at radius 1 is 0.315 bits per heavy atom. The first-order valence-corrected chi connectivity index (χ1v) is 25.1. The number of fused-ring (bicyclic) bond motifs is 4. The van der Waals surface area contributed by atoms with E-state index in [4.69, 9.17) is 0 Å². The molecule has 0 saturated heterocycles. The predicted molar refractivity (Wildman–Crippen MR) is 249 cm³/mol. The average molecular weight is 743 g/mol. The first kappa shape index (κ1) is 38.3. The summed E-state index contributed by atoms with van der Waals surface area (Å²) in [6.07, 6.45) is 0. The minimum absolute atomic E-state index is 0.164. The molecule has 0 aliphatic heterocycles. The van der Waals surface area contributed by atoms with E-state index < -0.39 is 16.1 Å². The number of hydrogen-bond acceptors (Lipinski definition) is 0. The number of benzene rings is 7. The maximum Gasteiger partial charge on any atom is 0.0942 e. The van der Waals surface area contributed by atoms with Gasteiger partial charge in [0, 0.05) is 0 Å². The van der Waals surface area contributed by atoms with Crippen molar-refractivity contribution in [1.82, 2.24) is 0 Å². The molecular weight excluding hydrogens is 681 g/mol. The second-order valence-electron chi connectivity index (χ2n) is 20.6. The molecule has 0 fully saturated rings. The minimum Gasteiger partial charge on any atom is -0.0645 e. The second-order valence-corrected chi connectivity index (χ2v) is 32.2. The van der Waals surface area contributed by atoms with Crippen LogP contribution in [0.1, 0.15) is 83.1 Å². The van der Waals surface area contributed by atoms with Gasteiger partial charge in [-0.05, 0) is 85.5 Å². The molecule has 7 rings (SSSR count). The van der Waals surface area contributed by atoms with Crippen LogP contribution in [0.25, 0.3) is 65.3 Å². The molecule has 0 radical (unpaired) electrons. The molecular formula is C52H62Si2. The Labute approximate surface area is 328 Å². The van der Waals surface area contributed by atoms with E-state index in [9.17, 15) is 0 Å². The monoisotopic (exact) mass is 742 g/mol. The van der Waals surface area contributed by atoms with Gasteiger partial charge in [-0.25, -0.2) is 0 Å². The Kier molecular flexibility index (Phi) is 9.07.